The van der Waals surface area contributed by atoms with Crippen LogP contribution in [-0.2, 0) is 16.1 Å². The first-order valence-electron chi connectivity index (χ1n) is 9.47. The molecule has 0 aliphatic rings. The molecule has 0 radical (unpaired) electrons. The summed E-state index contributed by atoms with van der Waals surface area (Å²) >= 11 is 2.17. The number of hydrogen-bond acceptors (Lipinski definition) is 9. The molecule has 11 nitrogen and oxygen atoms in total. The third-order valence-corrected chi connectivity index (χ3v) is 6.73. The van der Waals surface area contributed by atoms with Gasteiger partial charge < -0.3 is 9.30 Å². The van der Waals surface area contributed by atoms with Gasteiger partial charge in [0.25, 0.3) is 17.3 Å². The van der Waals surface area contributed by atoms with Gasteiger partial charge >= 0.3 is 5.97 Å². The number of rotatable bonds is 6. The SMILES string of the molecule is CCOC(=O)Cn1c(=NC(=O)c2cc3cc([N+](=O)[O-])ccc3s2)sc2cc([N+](=O)[O-])ccc21. The molecule has 2 aromatic heterocycles. The molecule has 0 saturated heterocycles. The number of fused-ring (bicyclic) bond motifs is 2. The second kappa shape index (κ2) is 8.88. The van der Waals surface area contributed by atoms with E-state index in [4.69, 9.17) is 4.74 Å². The van der Waals surface area contributed by atoms with Crippen molar-refractivity contribution < 1.29 is 24.2 Å². The lowest BCUT2D eigenvalue weighted by Crippen LogP contribution is -2.23. The van der Waals surface area contributed by atoms with E-state index in [-0.39, 0.29) is 34.2 Å². The highest BCUT2D eigenvalue weighted by atomic mass is 32.1. The summed E-state index contributed by atoms with van der Waals surface area (Å²) in [5.41, 5.74) is 0.280. The third kappa shape index (κ3) is 4.49. The minimum Gasteiger partial charge on any atom is -0.465 e. The number of esters is 1. The Kier molecular flexibility index (Phi) is 5.98. The number of amides is 1. The Labute approximate surface area is 192 Å². The first-order valence-corrected chi connectivity index (χ1v) is 11.1. The number of aromatic nitrogens is 1. The van der Waals surface area contributed by atoms with Crippen molar-refractivity contribution in [3.63, 3.8) is 0 Å². The first kappa shape index (κ1) is 22.2. The smallest absolute Gasteiger partial charge is 0.326 e. The number of nitrogens with zero attached hydrogens (tertiary/aromatic N) is 4. The van der Waals surface area contributed by atoms with Crippen molar-refractivity contribution in [2.75, 3.05) is 6.61 Å². The quantitative estimate of drug-likeness (QED) is 0.227. The number of nitro benzene ring substituents is 2. The molecule has 0 bridgehead atoms. The fraction of sp³-hybridized carbons (Fsp3) is 0.150. The van der Waals surface area contributed by atoms with Gasteiger partial charge in [-0.2, -0.15) is 4.99 Å². The number of nitro groups is 2. The zero-order valence-corrected chi connectivity index (χ0v) is 18.6. The van der Waals surface area contributed by atoms with Gasteiger partial charge in [-0.3, -0.25) is 29.8 Å². The molecule has 0 saturated carbocycles. The lowest BCUT2D eigenvalue weighted by molar-refractivity contribution is -0.384. The predicted octanol–water partition coefficient (Wildman–Crippen LogP) is 4.04. The Bertz CT molecular complexity index is 1520. The van der Waals surface area contributed by atoms with E-state index < -0.39 is 21.7 Å². The van der Waals surface area contributed by atoms with Crippen LogP contribution < -0.4 is 4.80 Å². The summed E-state index contributed by atoms with van der Waals surface area (Å²) in [5, 5.41) is 22.7. The van der Waals surface area contributed by atoms with Crippen LogP contribution in [0.3, 0.4) is 0 Å². The molecular weight excluding hydrogens is 472 g/mol. The number of non-ortho nitro benzene ring substituents is 2. The molecule has 0 aliphatic heterocycles. The maximum absolute atomic E-state index is 12.9. The zero-order chi connectivity index (χ0) is 23.7. The molecule has 2 aromatic carbocycles. The van der Waals surface area contributed by atoms with Gasteiger partial charge in [0.2, 0.25) is 0 Å². The van der Waals surface area contributed by atoms with Crippen molar-refractivity contribution in [2.45, 2.75) is 13.5 Å². The number of carbonyl (C=O) groups is 2. The molecular formula is C20H14N4O7S2. The number of carbonyl (C=O) groups excluding carboxylic acids is 2. The molecule has 0 unspecified atom stereocenters. The first-order chi connectivity index (χ1) is 15.8. The molecule has 0 aliphatic carbocycles. The fourth-order valence-corrected chi connectivity index (χ4v) is 5.13. The highest BCUT2D eigenvalue weighted by Crippen LogP contribution is 2.29. The second-order valence-corrected chi connectivity index (χ2v) is 8.78. The van der Waals surface area contributed by atoms with Crippen LogP contribution in [0, 0.1) is 20.2 Å². The van der Waals surface area contributed by atoms with Crippen LogP contribution in [-0.4, -0.2) is 32.9 Å². The van der Waals surface area contributed by atoms with E-state index >= 15 is 0 Å². The molecule has 4 rings (SSSR count). The summed E-state index contributed by atoms with van der Waals surface area (Å²) in [7, 11) is 0. The van der Waals surface area contributed by atoms with Gasteiger partial charge in [0.05, 0.1) is 31.5 Å². The average molecular weight is 486 g/mol. The van der Waals surface area contributed by atoms with Crippen LogP contribution in [0.25, 0.3) is 20.3 Å². The topological polar surface area (TPSA) is 147 Å². The van der Waals surface area contributed by atoms with E-state index in [2.05, 4.69) is 4.99 Å². The monoisotopic (exact) mass is 486 g/mol. The zero-order valence-electron chi connectivity index (χ0n) is 16.9. The van der Waals surface area contributed by atoms with E-state index in [9.17, 15) is 29.8 Å². The summed E-state index contributed by atoms with van der Waals surface area (Å²) in [6.45, 7) is 1.61. The highest BCUT2D eigenvalue weighted by molar-refractivity contribution is 7.21. The molecule has 13 heteroatoms. The van der Waals surface area contributed by atoms with Gasteiger partial charge in [-0.1, -0.05) is 11.3 Å². The molecule has 2 heterocycles. The average Bonchev–Trinajstić information content (AvgIpc) is 3.34. The number of thiophene rings is 1. The van der Waals surface area contributed by atoms with Crippen LogP contribution in [0.4, 0.5) is 11.4 Å². The largest absolute Gasteiger partial charge is 0.465 e. The normalized spacial score (nSPS) is 11.7. The Morgan fingerprint density at radius 1 is 1.00 bits per heavy atom. The molecule has 4 aromatic rings. The maximum atomic E-state index is 12.9. The second-order valence-electron chi connectivity index (χ2n) is 6.69. The number of ether oxygens (including phenoxy) is 1. The van der Waals surface area contributed by atoms with Gasteiger partial charge in [0.15, 0.2) is 4.80 Å². The van der Waals surface area contributed by atoms with Crippen LogP contribution in [0.5, 0.6) is 0 Å². The van der Waals surface area contributed by atoms with E-state index in [1.54, 1.807) is 13.0 Å². The van der Waals surface area contributed by atoms with Gasteiger partial charge in [-0.15, -0.1) is 11.3 Å². The molecule has 0 spiro atoms. The van der Waals surface area contributed by atoms with Crippen LogP contribution in [0.15, 0.2) is 47.5 Å². The van der Waals surface area contributed by atoms with Crippen molar-refractivity contribution in [3.05, 3.63) is 72.4 Å². The van der Waals surface area contributed by atoms with Crippen molar-refractivity contribution in [2.24, 2.45) is 4.99 Å². The van der Waals surface area contributed by atoms with Gasteiger partial charge in [-0.05, 0) is 25.1 Å². The van der Waals surface area contributed by atoms with E-state index in [0.717, 1.165) is 22.7 Å². The van der Waals surface area contributed by atoms with Crippen molar-refractivity contribution in [1.29, 1.82) is 0 Å². The van der Waals surface area contributed by atoms with Crippen LogP contribution in [0.1, 0.15) is 16.6 Å². The van der Waals surface area contributed by atoms with Crippen LogP contribution >= 0.6 is 22.7 Å². The molecule has 0 atom stereocenters. The van der Waals surface area contributed by atoms with Gasteiger partial charge in [0, 0.05) is 34.4 Å². The lowest BCUT2D eigenvalue weighted by Gasteiger charge is -2.04. The Balaban J connectivity index is 1.81. The number of thiazole rings is 1. The van der Waals surface area contributed by atoms with Crippen molar-refractivity contribution in [1.82, 2.24) is 4.57 Å². The predicted molar refractivity (Wildman–Crippen MR) is 121 cm³/mol. The maximum Gasteiger partial charge on any atom is 0.326 e. The number of hydrogen-bond donors (Lipinski definition) is 0. The summed E-state index contributed by atoms with van der Waals surface area (Å²) in [4.78, 5) is 50.7. The molecule has 33 heavy (non-hydrogen) atoms. The van der Waals surface area contributed by atoms with Gasteiger partial charge in [0.1, 0.15) is 6.54 Å². The minimum atomic E-state index is -0.600. The third-order valence-electron chi connectivity index (χ3n) is 4.59. The Hall–Kier alpha value is -3.97. The standard InChI is InChI=1S/C20H14N4O7S2/c1-2-31-18(25)10-22-14-5-3-13(24(29)30)9-16(14)33-20(22)21-19(26)17-8-11-7-12(23(27)28)4-6-15(11)32-17/h3-9H,2,10H2,1H3. The van der Waals surface area contributed by atoms with Crippen LogP contribution in [0.2, 0.25) is 0 Å². The summed E-state index contributed by atoms with van der Waals surface area (Å²) < 4.78 is 7.63. The molecule has 1 amide bonds. The fourth-order valence-electron chi connectivity index (χ4n) is 3.14. The molecule has 0 fully saturated rings. The lowest BCUT2D eigenvalue weighted by atomic mass is 10.2. The van der Waals surface area contributed by atoms with E-state index in [1.807, 2.05) is 0 Å². The minimum absolute atomic E-state index is 0.0883. The Morgan fingerprint density at radius 3 is 2.39 bits per heavy atom. The summed E-state index contributed by atoms with van der Waals surface area (Å²) in [6, 6.07) is 9.97. The Morgan fingerprint density at radius 2 is 1.70 bits per heavy atom. The van der Waals surface area contributed by atoms with Crippen molar-refractivity contribution >= 4 is 66.2 Å². The highest BCUT2D eigenvalue weighted by Gasteiger charge is 2.17. The van der Waals surface area contributed by atoms with Gasteiger partial charge in [-0.25, -0.2) is 0 Å². The molecule has 0 N–H and O–H groups in total. The van der Waals surface area contributed by atoms with Crippen molar-refractivity contribution in [3.8, 4) is 0 Å². The number of benzene rings is 2. The molecule has 168 valence electrons. The van der Waals surface area contributed by atoms with E-state index in [0.29, 0.717) is 20.3 Å². The summed E-state index contributed by atoms with van der Waals surface area (Å²) in [6.07, 6.45) is 0. The summed E-state index contributed by atoms with van der Waals surface area (Å²) in [5.74, 6) is -1.14. The van der Waals surface area contributed by atoms with E-state index in [1.165, 1.54) is 41.0 Å².